The van der Waals surface area contributed by atoms with Gasteiger partial charge in [-0.2, -0.15) is 0 Å². The SMILES string of the molecule is C[C@H](O)c1ncc(CN(C)C)s1. The first kappa shape index (κ1) is 9.64. The second-order valence-electron chi connectivity index (χ2n) is 3.08. The fourth-order valence-corrected chi connectivity index (χ4v) is 1.87. The number of hydrogen-bond acceptors (Lipinski definition) is 4. The van der Waals surface area contributed by atoms with Crippen molar-refractivity contribution in [2.24, 2.45) is 0 Å². The lowest BCUT2D eigenvalue weighted by molar-refractivity contribution is 0.199. The summed E-state index contributed by atoms with van der Waals surface area (Å²) in [4.78, 5) is 7.38. The van der Waals surface area contributed by atoms with Crippen molar-refractivity contribution in [2.75, 3.05) is 14.1 Å². The van der Waals surface area contributed by atoms with Gasteiger partial charge in [0, 0.05) is 17.6 Å². The van der Waals surface area contributed by atoms with Crippen LogP contribution in [0.3, 0.4) is 0 Å². The zero-order valence-electron chi connectivity index (χ0n) is 7.61. The van der Waals surface area contributed by atoms with Gasteiger partial charge in [-0.1, -0.05) is 0 Å². The van der Waals surface area contributed by atoms with Crippen LogP contribution in [-0.2, 0) is 6.54 Å². The second-order valence-corrected chi connectivity index (χ2v) is 4.23. The Morgan fingerprint density at radius 2 is 2.33 bits per heavy atom. The highest BCUT2D eigenvalue weighted by atomic mass is 32.1. The zero-order valence-corrected chi connectivity index (χ0v) is 8.43. The molecule has 1 heterocycles. The van der Waals surface area contributed by atoms with Gasteiger partial charge in [-0.05, 0) is 21.0 Å². The summed E-state index contributed by atoms with van der Waals surface area (Å²) in [6.45, 7) is 2.63. The lowest BCUT2D eigenvalue weighted by Crippen LogP contribution is -2.09. The molecule has 1 rings (SSSR count). The Hall–Kier alpha value is -0.450. The van der Waals surface area contributed by atoms with Gasteiger partial charge in [0.1, 0.15) is 11.1 Å². The number of nitrogens with zero attached hydrogens (tertiary/aromatic N) is 2. The number of rotatable bonds is 3. The molecule has 0 fully saturated rings. The van der Waals surface area contributed by atoms with Crippen molar-refractivity contribution in [1.29, 1.82) is 0 Å². The standard InChI is InChI=1S/C8H14N2OS/c1-6(11)8-9-4-7(12-8)5-10(2)3/h4,6,11H,5H2,1-3H3/t6-/m0/s1. The first-order valence-corrected chi connectivity index (χ1v) is 4.68. The third-order valence-corrected chi connectivity index (χ3v) is 2.55. The smallest absolute Gasteiger partial charge is 0.121 e. The fraction of sp³-hybridized carbons (Fsp3) is 0.625. The monoisotopic (exact) mass is 186 g/mol. The summed E-state index contributed by atoms with van der Waals surface area (Å²) in [5, 5.41) is 10.0. The van der Waals surface area contributed by atoms with Crippen molar-refractivity contribution in [3.05, 3.63) is 16.1 Å². The number of thiazole rings is 1. The minimum atomic E-state index is -0.439. The molecule has 1 aromatic rings. The lowest BCUT2D eigenvalue weighted by Gasteiger charge is -2.05. The van der Waals surface area contributed by atoms with E-state index in [0.717, 1.165) is 11.6 Å². The topological polar surface area (TPSA) is 36.4 Å². The molecule has 1 aromatic heterocycles. The average Bonchev–Trinajstić information content (AvgIpc) is 2.34. The van der Waals surface area contributed by atoms with Crippen LogP contribution in [0.1, 0.15) is 22.9 Å². The Balaban J connectivity index is 2.64. The highest BCUT2D eigenvalue weighted by molar-refractivity contribution is 7.11. The maximum atomic E-state index is 9.21. The fourth-order valence-electron chi connectivity index (χ4n) is 0.901. The highest BCUT2D eigenvalue weighted by Crippen LogP contribution is 2.19. The zero-order chi connectivity index (χ0) is 9.14. The van der Waals surface area contributed by atoms with Crippen molar-refractivity contribution < 1.29 is 5.11 Å². The molecule has 1 N–H and O–H groups in total. The Morgan fingerprint density at radius 1 is 1.67 bits per heavy atom. The van der Waals surface area contributed by atoms with Gasteiger partial charge < -0.3 is 10.0 Å². The predicted octanol–water partition coefficient (Wildman–Crippen LogP) is 1.26. The molecule has 0 aliphatic heterocycles. The van der Waals surface area contributed by atoms with Crippen LogP contribution in [0.15, 0.2) is 6.20 Å². The van der Waals surface area contributed by atoms with Gasteiger partial charge in [-0.25, -0.2) is 4.98 Å². The quantitative estimate of drug-likeness (QED) is 0.772. The molecular weight excluding hydrogens is 172 g/mol. The van der Waals surface area contributed by atoms with E-state index in [1.54, 1.807) is 18.3 Å². The highest BCUT2D eigenvalue weighted by Gasteiger charge is 2.06. The molecule has 0 unspecified atom stereocenters. The van der Waals surface area contributed by atoms with E-state index in [0.29, 0.717) is 0 Å². The summed E-state index contributed by atoms with van der Waals surface area (Å²) < 4.78 is 0. The van der Waals surface area contributed by atoms with E-state index in [4.69, 9.17) is 0 Å². The van der Waals surface area contributed by atoms with Crippen LogP contribution in [-0.4, -0.2) is 29.1 Å². The molecule has 1 atom stereocenters. The second kappa shape index (κ2) is 3.98. The van der Waals surface area contributed by atoms with Gasteiger partial charge in [0.05, 0.1) is 0 Å². The van der Waals surface area contributed by atoms with Gasteiger partial charge in [0.25, 0.3) is 0 Å². The van der Waals surface area contributed by atoms with E-state index < -0.39 is 6.10 Å². The van der Waals surface area contributed by atoms with Crippen LogP contribution < -0.4 is 0 Å². The normalized spacial score (nSPS) is 13.8. The summed E-state index contributed by atoms with van der Waals surface area (Å²) in [6.07, 6.45) is 1.39. The Labute approximate surface area is 76.7 Å². The molecule has 0 amide bonds. The summed E-state index contributed by atoms with van der Waals surface area (Å²) >= 11 is 1.57. The summed E-state index contributed by atoms with van der Waals surface area (Å²) in [5.41, 5.74) is 0. The molecule has 0 saturated heterocycles. The molecule has 0 aromatic carbocycles. The van der Waals surface area contributed by atoms with E-state index in [-0.39, 0.29) is 0 Å². The molecule has 68 valence electrons. The van der Waals surface area contributed by atoms with Crippen LogP contribution in [0.5, 0.6) is 0 Å². The maximum Gasteiger partial charge on any atom is 0.121 e. The number of hydrogen-bond donors (Lipinski definition) is 1. The lowest BCUT2D eigenvalue weighted by atomic mass is 10.4. The molecule has 0 radical (unpaired) electrons. The summed E-state index contributed by atoms with van der Waals surface area (Å²) in [6, 6.07) is 0. The Morgan fingerprint density at radius 3 is 2.75 bits per heavy atom. The van der Waals surface area contributed by atoms with Crippen molar-refractivity contribution in [3.8, 4) is 0 Å². The predicted molar refractivity (Wildman–Crippen MR) is 50.1 cm³/mol. The summed E-state index contributed by atoms with van der Waals surface area (Å²) in [5.74, 6) is 0. The first-order chi connectivity index (χ1) is 5.59. The Kier molecular flexibility index (Phi) is 3.20. The third kappa shape index (κ3) is 2.55. The molecule has 0 saturated carbocycles. The van der Waals surface area contributed by atoms with Crippen LogP contribution in [0.25, 0.3) is 0 Å². The van der Waals surface area contributed by atoms with Crippen molar-refractivity contribution >= 4 is 11.3 Å². The van der Waals surface area contributed by atoms with E-state index in [1.807, 2.05) is 20.3 Å². The van der Waals surface area contributed by atoms with Crippen LogP contribution in [0.4, 0.5) is 0 Å². The van der Waals surface area contributed by atoms with E-state index in [9.17, 15) is 5.11 Å². The van der Waals surface area contributed by atoms with Crippen molar-refractivity contribution in [2.45, 2.75) is 19.6 Å². The van der Waals surface area contributed by atoms with Crippen LogP contribution in [0, 0.1) is 0 Å². The van der Waals surface area contributed by atoms with Gasteiger partial charge >= 0.3 is 0 Å². The number of aliphatic hydroxyl groups is 1. The van der Waals surface area contributed by atoms with Crippen molar-refractivity contribution in [1.82, 2.24) is 9.88 Å². The molecule has 12 heavy (non-hydrogen) atoms. The van der Waals surface area contributed by atoms with E-state index in [1.165, 1.54) is 4.88 Å². The molecule has 0 bridgehead atoms. The number of aliphatic hydroxyl groups excluding tert-OH is 1. The average molecular weight is 186 g/mol. The Bertz CT molecular complexity index is 245. The van der Waals surface area contributed by atoms with Gasteiger partial charge in [0.2, 0.25) is 0 Å². The minimum Gasteiger partial charge on any atom is -0.386 e. The third-order valence-electron chi connectivity index (χ3n) is 1.40. The number of aromatic nitrogens is 1. The molecule has 0 aliphatic rings. The van der Waals surface area contributed by atoms with E-state index in [2.05, 4.69) is 9.88 Å². The van der Waals surface area contributed by atoms with Crippen LogP contribution >= 0.6 is 11.3 Å². The van der Waals surface area contributed by atoms with Gasteiger partial charge in [0.15, 0.2) is 0 Å². The first-order valence-electron chi connectivity index (χ1n) is 3.87. The van der Waals surface area contributed by atoms with Crippen molar-refractivity contribution in [3.63, 3.8) is 0 Å². The van der Waals surface area contributed by atoms with Crippen LogP contribution in [0.2, 0.25) is 0 Å². The van der Waals surface area contributed by atoms with E-state index >= 15 is 0 Å². The molecular formula is C8H14N2OS. The molecule has 3 nitrogen and oxygen atoms in total. The molecule has 4 heteroatoms. The van der Waals surface area contributed by atoms with Gasteiger partial charge in [-0.3, -0.25) is 0 Å². The van der Waals surface area contributed by atoms with Gasteiger partial charge in [-0.15, -0.1) is 11.3 Å². The summed E-state index contributed by atoms with van der Waals surface area (Å²) in [7, 11) is 4.03. The largest absolute Gasteiger partial charge is 0.386 e. The molecule has 0 spiro atoms. The maximum absolute atomic E-state index is 9.21. The molecule has 0 aliphatic carbocycles. The minimum absolute atomic E-state index is 0.439.